The highest BCUT2D eigenvalue weighted by Gasteiger charge is 2.39. The Kier molecular flexibility index (Phi) is 7.70. The van der Waals surface area contributed by atoms with Crippen LogP contribution in [0.15, 0.2) is 40.7 Å². The molecule has 1 atom stereocenters. The molecular formula is C20H21Cl2NO6. The zero-order valence-electron chi connectivity index (χ0n) is 16.4. The number of carbonyl (C=O) groups excluding carboxylic acids is 3. The van der Waals surface area contributed by atoms with Crippen LogP contribution < -0.4 is 5.32 Å². The average Bonchev–Trinajstić information content (AvgIpc) is 2.68. The summed E-state index contributed by atoms with van der Waals surface area (Å²) < 4.78 is 14.8. The molecule has 1 aromatic rings. The second-order valence-electron chi connectivity index (χ2n) is 6.19. The molecule has 0 bridgehead atoms. The molecular weight excluding hydrogens is 421 g/mol. The molecule has 1 aliphatic heterocycles. The van der Waals surface area contributed by atoms with Gasteiger partial charge in [-0.3, -0.25) is 4.79 Å². The van der Waals surface area contributed by atoms with Crippen molar-refractivity contribution >= 4 is 41.1 Å². The monoisotopic (exact) mass is 441 g/mol. The molecule has 1 N–H and O–H groups in total. The number of carbonyl (C=O) groups is 3. The number of hydrogen-bond acceptors (Lipinski definition) is 7. The van der Waals surface area contributed by atoms with E-state index in [4.69, 9.17) is 37.4 Å². The van der Waals surface area contributed by atoms with E-state index in [0.29, 0.717) is 17.0 Å². The van der Waals surface area contributed by atoms with Gasteiger partial charge in [-0.05, 0) is 25.5 Å². The van der Waals surface area contributed by atoms with E-state index in [-0.39, 0.29) is 27.6 Å². The highest BCUT2D eigenvalue weighted by Crippen LogP contribution is 2.43. The van der Waals surface area contributed by atoms with Gasteiger partial charge in [0.15, 0.2) is 0 Å². The summed E-state index contributed by atoms with van der Waals surface area (Å²) in [5.41, 5.74) is 1.73. The van der Waals surface area contributed by atoms with Gasteiger partial charge in [0.2, 0.25) is 6.79 Å². The first kappa shape index (κ1) is 22.8. The van der Waals surface area contributed by atoms with Crippen molar-refractivity contribution in [2.45, 2.75) is 33.1 Å². The molecule has 1 aliphatic rings. The van der Waals surface area contributed by atoms with Crippen molar-refractivity contribution < 1.29 is 28.6 Å². The predicted octanol–water partition coefficient (Wildman–Crippen LogP) is 3.86. The number of nitrogens with one attached hydrogen (secondary N) is 1. The number of methoxy groups -OCH3 is 1. The van der Waals surface area contributed by atoms with Crippen LogP contribution >= 0.6 is 23.2 Å². The first-order valence-corrected chi connectivity index (χ1v) is 9.51. The van der Waals surface area contributed by atoms with Gasteiger partial charge in [-0.2, -0.15) is 0 Å². The number of halogens is 2. The number of hydrogen-bond donors (Lipinski definition) is 1. The molecule has 1 heterocycles. The van der Waals surface area contributed by atoms with E-state index < -0.39 is 30.6 Å². The van der Waals surface area contributed by atoms with Crippen LogP contribution in [0.4, 0.5) is 0 Å². The van der Waals surface area contributed by atoms with Gasteiger partial charge in [0.25, 0.3) is 0 Å². The molecule has 1 unspecified atom stereocenters. The number of esters is 3. The Morgan fingerprint density at radius 3 is 2.24 bits per heavy atom. The maximum atomic E-state index is 12.9. The Labute approximate surface area is 178 Å². The molecule has 0 fully saturated rings. The van der Waals surface area contributed by atoms with Crippen LogP contribution in [0.25, 0.3) is 0 Å². The molecule has 0 saturated carbocycles. The summed E-state index contributed by atoms with van der Waals surface area (Å²) in [6, 6.07) is 4.93. The molecule has 0 aromatic heterocycles. The summed E-state index contributed by atoms with van der Waals surface area (Å²) in [5.74, 6) is -2.80. The number of allylic oxidation sites excluding steroid dienone is 2. The third-order valence-corrected chi connectivity index (χ3v) is 5.21. The van der Waals surface area contributed by atoms with Gasteiger partial charge >= 0.3 is 17.9 Å². The normalized spacial score (nSPS) is 16.3. The third-order valence-electron chi connectivity index (χ3n) is 4.38. The Morgan fingerprint density at radius 2 is 1.66 bits per heavy atom. The highest BCUT2D eigenvalue weighted by atomic mass is 35.5. The topological polar surface area (TPSA) is 90.9 Å². The van der Waals surface area contributed by atoms with Crippen molar-refractivity contribution in [2.24, 2.45) is 0 Å². The lowest BCUT2D eigenvalue weighted by molar-refractivity contribution is -0.164. The number of benzene rings is 1. The minimum Gasteiger partial charge on any atom is -0.466 e. The molecule has 2 rings (SSSR count). The first-order chi connectivity index (χ1) is 13.7. The lowest BCUT2D eigenvalue weighted by Gasteiger charge is -2.30. The number of ether oxygens (including phenoxy) is 3. The van der Waals surface area contributed by atoms with E-state index in [1.54, 1.807) is 39.0 Å². The van der Waals surface area contributed by atoms with Crippen LogP contribution in [0, 0.1) is 0 Å². The highest BCUT2D eigenvalue weighted by molar-refractivity contribution is 6.42. The summed E-state index contributed by atoms with van der Waals surface area (Å²) in [7, 11) is 1.24. The summed E-state index contributed by atoms with van der Waals surface area (Å²) in [5, 5.41) is 3.46. The zero-order chi connectivity index (χ0) is 21.7. The Hall–Kier alpha value is -2.51. The van der Waals surface area contributed by atoms with Crippen LogP contribution in [0.1, 0.15) is 38.7 Å². The fraction of sp³-hybridized carbons (Fsp3) is 0.350. The van der Waals surface area contributed by atoms with Crippen molar-refractivity contribution in [3.05, 3.63) is 56.3 Å². The Balaban J connectivity index is 2.53. The molecule has 0 aliphatic carbocycles. The maximum Gasteiger partial charge on any atom is 0.339 e. The van der Waals surface area contributed by atoms with Crippen molar-refractivity contribution in [3.63, 3.8) is 0 Å². The SMILES string of the molecule is CCC(=O)OCOC(=O)C1=C(C)NC(C)=C(C(=O)OC)C1c1cccc(Cl)c1Cl. The van der Waals surface area contributed by atoms with Crippen molar-refractivity contribution in [1.29, 1.82) is 0 Å². The third kappa shape index (κ3) is 4.92. The van der Waals surface area contributed by atoms with Gasteiger partial charge in [0.1, 0.15) is 0 Å². The minimum atomic E-state index is -0.885. The molecule has 0 radical (unpaired) electrons. The summed E-state index contributed by atoms with van der Waals surface area (Å²) in [6.45, 7) is 4.42. The molecule has 0 saturated heterocycles. The van der Waals surface area contributed by atoms with Gasteiger partial charge in [-0.15, -0.1) is 0 Å². The Morgan fingerprint density at radius 1 is 1.03 bits per heavy atom. The van der Waals surface area contributed by atoms with E-state index in [1.807, 2.05) is 0 Å². The second kappa shape index (κ2) is 9.80. The zero-order valence-corrected chi connectivity index (χ0v) is 17.9. The van der Waals surface area contributed by atoms with Crippen LogP contribution in [0.3, 0.4) is 0 Å². The molecule has 9 heteroatoms. The summed E-state index contributed by atoms with van der Waals surface area (Å²) >= 11 is 12.6. The van der Waals surface area contributed by atoms with Crippen molar-refractivity contribution in [1.82, 2.24) is 5.32 Å². The molecule has 7 nitrogen and oxygen atoms in total. The molecule has 0 spiro atoms. The fourth-order valence-electron chi connectivity index (χ4n) is 3.03. The summed E-state index contributed by atoms with van der Waals surface area (Å²) in [6.07, 6.45) is 0.149. The molecule has 156 valence electrons. The van der Waals surface area contributed by atoms with Gasteiger partial charge < -0.3 is 19.5 Å². The van der Waals surface area contributed by atoms with Gasteiger partial charge in [0, 0.05) is 17.8 Å². The quantitative estimate of drug-likeness (QED) is 0.529. The number of dihydropyridines is 1. The van der Waals surface area contributed by atoms with Crippen LogP contribution in [0.2, 0.25) is 10.0 Å². The van der Waals surface area contributed by atoms with Gasteiger partial charge in [-0.1, -0.05) is 42.3 Å². The lowest BCUT2D eigenvalue weighted by Crippen LogP contribution is -2.32. The second-order valence-corrected chi connectivity index (χ2v) is 6.97. The van der Waals surface area contributed by atoms with E-state index in [0.717, 1.165) is 0 Å². The number of rotatable bonds is 6. The summed E-state index contributed by atoms with van der Waals surface area (Å²) in [4.78, 5) is 36.7. The fourth-order valence-corrected chi connectivity index (χ4v) is 3.45. The van der Waals surface area contributed by atoms with Gasteiger partial charge in [-0.25, -0.2) is 9.59 Å². The van der Waals surface area contributed by atoms with Gasteiger partial charge in [0.05, 0.1) is 34.2 Å². The van der Waals surface area contributed by atoms with E-state index >= 15 is 0 Å². The van der Waals surface area contributed by atoms with E-state index in [2.05, 4.69) is 5.32 Å². The predicted molar refractivity (Wildman–Crippen MR) is 107 cm³/mol. The van der Waals surface area contributed by atoms with Crippen molar-refractivity contribution in [2.75, 3.05) is 13.9 Å². The van der Waals surface area contributed by atoms with Crippen LogP contribution in [-0.4, -0.2) is 31.8 Å². The minimum absolute atomic E-state index is 0.132. The smallest absolute Gasteiger partial charge is 0.339 e. The molecule has 29 heavy (non-hydrogen) atoms. The van der Waals surface area contributed by atoms with E-state index in [9.17, 15) is 14.4 Å². The van der Waals surface area contributed by atoms with Crippen LogP contribution in [-0.2, 0) is 28.6 Å². The van der Waals surface area contributed by atoms with Crippen molar-refractivity contribution in [3.8, 4) is 0 Å². The van der Waals surface area contributed by atoms with E-state index in [1.165, 1.54) is 7.11 Å². The first-order valence-electron chi connectivity index (χ1n) is 8.76. The largest absolute Gasteiger partial charge is 0.466 e. The average molecular weight is 442 g/mol. The molecule has 0 amide bonds. The molecule has 1 aromatic carbocycles. The Bertz CT molecular complexity index is 906. The lowest BCUT2D eigenvalue weighted by atomic mass is 9.80. The van der Waals surface area contributed by atoms with Crippen LogP contribution in [0.5, 0.6) is 0 Å². The maximum absolute atomic E-state index is 12.9. The standard InChI is InChI=1S/C20H21Cl2NO6/c1-5-14(24)28-9-29-20(26)16-11(3)23-10(2)15(19(25)27-4)17(16)12-7-6-8-13(21)18(12)22/h6-8,17,23H,5,9H2,1-4H3.